The summed E-state index contributed by atoms with van der Waals surface area (Å²) in [7, 11) is 1.49. The summed E-state index contributed by atoms with van der Waals surface area (Å²) < 4.78 is 10.4. The lowest BCUT2D eigenvalue weighted by Crippen LogP contribution is -2.48. The SMILES string of the molecule is COCC(C)(NC(=O)OC(C)(C)C)c1cccc([N+](=O)[O-])c1. The molecule has 22 heavy (non-hydrogen) atoms. The Morgan fingerprint density at radius 1 is 1.32 bits per heavy atom. The Labute approximate surface area is 129 Å². The molecule has 7 heteroatoms. The van der Waals surface area contributed by atoms with Crippen molar-refractivity contribution in [3.05, 3.63) is 39.9 Å². The number of rotatable bonds is 5. The molecule has 0 heterocycles. The van der Waals surface area contributed by atoms with E-state index >= 15 is 0 Å². The summed E-state index contributed by atoms with van der Waals surface area (Å²) >= 11 is 0. The predicted molar refractivity (Wildman–Crippen MR) is 81.7 cm³/mol. The van der Waals surface area contributed by atoms with Crippen molar-refractivity contribution < 1.29 is 19.2 Å². The van der Waals surface area contributed by atoms with Gasteiger partial charge in [0.05, 0.1) is 17.1 Å². The first-order chi connectivity index (χ1) is 10.1. The van der Waals surface area contributed by atoms with Crippen molar-refractivity contribution in [1.82, 2.24) is 5.32 Å². The summed E-state index contributed by atoms with van der Waals surface area (Å²) in [5.74, 6) is 0. The quantitative estimate of drug-likeness (QED) is 0.667. The molecule has 0 aromatic heterocycles. The minimum absolute atomic E-state index is 0.0502. The molecule has 0 aliphatic heterocycles. The second-order valence-corrected chi connectivity index (χ2v) is 6.20. The summed E-state index contributed by atoms with van der Waals surface area (Å²) in [6.45, 7) is 7.14. The van der Waals surface area contributed by atoms with E-state index in [0.717, 1.165) is 0 Å². The van der Waals surface area contributed by atoms with Gasteiger partial charge in [0.25, 0.3) is 5.69 Å². The van der Waals surface area contributed by atoms with Crippen LogP contribution < -0.4 is 5.32 Å². The van der Waals surface area contributed by atoms with Gasteiger partial charge in [0.15, 0.2) is 0 Å². The van der Waals surface area contributed by atoms with Crippen LogP contribution in [0.5, 0.6) is 0 Å². The number of nitro groups is 1. The van der Waals surface area contributed by atoms with Gasteiger partial charge in [-0.05, 0) is 33.3 Å². The zero-order valence-corrected chi connectivity index (χ0v) is 13.5. The van der Waals surface area contributed by atoms with Gasteiger partial charge in [0.1, 0.15) is 5.60 Å². The topological polar surface area (TPSA) is 90.7 Å². The van der Waals surface area contributed by atoms with E-state index in [9.17, 15) is 14.9 Å². The number of carbonyl (C=O) groups excluding carboxylic acids is 1. The molecule has 1 aromatic rings. The number of hydrogen-bond acceptors (Lipinski definition) is 5. The van der Waals surface area contributed by atoms with Crippen LogP contribution in [-0.2, 0) is 15.0 Å². The highest BCUT2D eigenvalue weighted by molar-refractivity contribution is 5.69. The van der Waals surface area contributed by atoms with Crippen molar-refractivity contribution in [2.75, 3.05) is 13.7 Å². The highest BCUT2D eigenvalue weighted by atomic mass is 16.6. The first-order valence-corrected chi connectivity index (χ1v) is 6.82. The van der Waals surface area contributed by atoms with E-state index in [1.165, 1.54) is 19.2 Å². The molecule has 0 spiro atoms. The Balaban J connectivity index is 3.07. The second-order valence-electron chi connectivity index (χ2n) is 6.20. The molecule has 0 saturated heterocycles. The number of non-ortho nitro benzene ring substituents is 1. The predicted octanol–water partition coefficient (Wildman–Crippen LogP) is 2.98. The first-order valence-electron chi connectivity index (χ1n) is 6.82. The van der Waals surface area contributed by atoms with Crippen LogP contribution in [0.15, 0.2) is 24.3 Å². The van der Waals surface area contributed by atoms with Gasteiger partial charge in [-0.25, -0.2) is 4.79 Å². The number of ether oxygens (including phenoxy) is 2. The van der Waals surface area contributed by atoms with E-state index in [1.54, 1.807) is 39.8 Å². The smallest absolute Gasteiger partial charge is 0.408 e. The van der Waals surface area contributed by atoms with Crippen molar-refractivity contribution >= 4 is 11.8 Å². The minimum Gasteiger partial charge on any atom is -0.444 e. The van der Waals surface area contributed by atoms with Crippen LogP contribution in [0.25, 0.3) is 0 Å². The average Bonchev–Trinajstić information content (AvgIpc) is 2.36. The van der Waals surface area contributed by atoms with E-state index in [4.69, 9.17) is 9.47 Å². The average molecular weight is 310 g/mol. The summed E-state index contributed by atoms with van der Waals surface area (Å²) in [5, 5.41) is 13.6. The Morgan fingerprint density at radius 3 is 2.45 bits per heavy atom. The van der Waals surface area contributed by atoms with Gasteiger partial charge in [0.2, 0.25) is 0 Å². The van der Waals surface area contributed by atoms with Crippen LogP contribution in [0.1, 0.15) is 33.3 Å². The van der Waals surface area contributed by atoms with Crippen LogP contribution in [0.3, 0.4) is 0 Å². The lowest BCUT2D eigenvalue weighted by atomic mass is 9.92. The number of nitrogens with one attached hydrogen (secondary N) is 1. The molecule has 0 radical (unpaired) electrons. The third-order valence-electron chi connectivity index (χ3n) is 2.90. The molecule has 0 aliphatic rings. The summed E-state index contributed by atoms with van der Waals surface area (Å²) in [6.07, 6.45) is -0.612. The van der Waals surface area contributed by atoms with Crippen LogP contribution in [0.2, 0.25) is 0 Å². The standard InChI is InChI=1S/C15H22N2O5/c1-14(2,3)22-13(18)16-15(4,10-21-5)11-7-6-8-12(9-11)17(19)20/h6-9H,10H2,1-5H3,(H,16,18). The van der Waals surface area contributed by atoms with Gasteiger partial charge in [-0.2, -0.15) is 0 Å². The zero-order chi connectivity index (χ0) is 17.0. The van der Waals surface area contributed by atoms with Crippen molar-refractivity contribution in [2.24, 2.45) is 0 Å². The van der Waals surface area contributed by atoms with Gasteiger partial charge in [-0.15, -0.1) is 0 Å². The molecule has 1 atom stereocenters. The van der Waals surface area contributed by atoms with Gasteiger partial charge in [0, 0.05) is 19.2 Å². The molecule has 1 unspecified atom stereocenters. The largest absolute Gasteiger partial charge is 0.444 e. The monoisotopic (exact) mass is 310 g/mol. The van der Waals surface area contributed by atoms with Gasteiger partial charge in [-0.3, -0.25) is 10.1 Å². The number of methoxy groups -OCH3 is 1. The minimum atomic E-state index is -0.941. The van der Waals surface area contributed by atoms with E-state index in [-0.39, 0.29) is 12.3 Å². The van der Waals surface area contributed by atoms with Crippen molar-refractivity contribution in [3.8, 4) is 0 Å². The number of carbonyl (C=O) groups is 1. The molecule has 0 aliphatic carbocycles. The maximum absolute atomic E-state index is 12.0. The first kappa shape index (κ1) is 17.9. The fourth-order valence-corrected chi connectivity index (χ4v) is 1.97. The zero-order valence-electron chi connectivity index (χ0n) is 13.5. The fourth-order valence-electron chi connectivity index (χ4n) is 1.97. The molecule has 7 nitrogen and oxygen atoms in total. The van der Waals surface area contributed by atoms with Crippen LogP contribution in [0.4, 0.5) is 10.5 Å². The maximum atomic E-state index is 12.0. The molecule has 0 bridgehead atoms. The molecule has 122 valence electrons. The van der Waals surface area contributed by atoms with Gasteiger partial charge >= 0.3 is 6.09 Å². The van der Waals surface area contributed by atoms with E-state index in [0.29, 0.717) is 5.56 Å². The Bertz CT molecular complexity index is 553. The molecule has 1 amide bonds. The molecule has 1 N–H and O–H groups in total. The lowest BCUT2D eigenvalue weighted by molar-refractivity contribution is -0.385. The van der Waals surface area contributed by atoms with Crippen molar-refractivity contribution in [1.29, 1.82) is 0 Å². The third-order valence-corrected chi connectivity index (χ3v) is 2.90. The summed E-state index contributed by atoms with van der Waals surface area (Å²) in [4.78, 5) is 22.4. The van der Waals surface area contributed by atoms with Crippen LogP contribution >= 0.6 is 0 Å². The highest BCUT2D eigenvalue weighted by Crippen LogP contribution is 2.25. The highest BCUT2D eigenvalue weighted by Gasteiger charge is 2.32. The second kappa shape index (κ2) is 6.74. The molecule has 1 aromatic carbocycles. The van der Waals surface area contributed by atoms with Crippen LogP contribution in [0, 0.1) is 10.1 Å². The number of amides is 1. The maximum Gasteiger partial charge on any atom is 0.408 e. The number of nitro benzene ring substituents is 1. The molecule has 1 rings (SSSR count). The van der Waals surface area contributed by atoms with Gasteiger partial charge < -0.3 is 14.8 Å². The molecular weight excluding hydrogens is 288 g/mol. The van der Waals surface area contributed by atoms with Crippen LogP contribution in [-0.4, -0.2) is 30.3 Å². The fraction of sp³-hybridized carbons (Fsp3) is 0.533. The van der Waals surface area contributed by atoms with Crippen molar-refractivity contribution in [2.45, 2.75) is 38.8 Å². The Morgan fingerprint density at radius 2 is 1.95 bits per heavy atom. The molecule has 0 saturated carbocycles. The summed E-state index contributed by atoms with van der Waals surface area (Å²) in [5.41, 5.74) is -1.07. The van der Waals surface area contributed by atoms with Gasteiger partial charge in [-0.1, -0.05) is 12.1 Å². The lowest BCUT2D eigenvalue weighted by Gasteiger charge is -2.31. The van der Waals surface area contributed by atoms with Crippen molar-refractivity contribution in [3.63, 3.8) is 0 Å². The Kier molecular flexibility index (Phi) is 5.48. The number of alkyl carbamates (subject to hydrolysis) is 1. The Hall–Kier alpha value is -2.15. The number of nitrogens with zero attached hydrogens (tertiary/aromatic N) is 1. The molecule has 0 fully saturated rings. The number of hydrogen-bond donors (Lipinski definition) is 1. The third kappa shape index (κ3) is 5.00. The normalized spacial score (nSPS) is 14.0. The van der Waals surface area contributed by atoms with E-state index in [2.05, 4.69) is 5.32 Å². The summed E-state index contributed by atoms with van der Waals surface area (Å²) in [6, 6.07) is 6.07. The van der Waals surface area contributed by atoms with E-state index in [1.807, 2.05) is 0 Å². The van der Waals surface area contributed by atoms with E-state index < -0.39 is 22.2 Å². The molecular formula is C15H22N2O5. The number of benzene rings is 1.